The van der Waals surface area contributed by atoms with Crippen LogP contribution in [0.5, 0.6) is 0 Å². The number of aliphatic hydroxyl groups is 1. The average molecular weight is 323 g/mol. The molecule has 0 heterocycles. The number of nitrogens with one attached hydrogen (secondary N) is 2. The van der Waals surface area contributed by atoms with Crippen molar-refractivity contribution < 1.29 is 18.7 Å². The summed E-state index contributed by atoms with van der Waals surface area (Å²) in [4.78, 5) is 11.4. The highest BCUT2D eigenvalue weighted by molar-refractivity contribution is 9.10. The van der Waals surface area contributed by atoms with Gasteiger partial charge >= 0.3 is 0 Å². The summed E-state index contributed by atoms with van der Waals surface area (Å²) in [6.45, 7) is -0.467. The Morgan fingerprint density at radius 1 is 1.33 bits per heavy atom. The van der Waals surface area contributed by atoms with Crippen molar-refractivity contribution in [2.75, 3.05) is 18.4 Å². The number of alkyl halides is 2. The molecule has 0 radical (unpaired) electrons. The molecule has 3 N–H and O–H groups in total. The lowest BCUT2D eigenvalue weighted by molar-refractivity contribution is -0.115. The highest BCUT2D eigenvalue weighted by atomic mass is 79.9. The van der Waals surface area contributed by atoms with E-state index >= 15 is 0 Å². The normalized spacial score (nSPS) is 12.5. The second-order valence-electron chi connectivity index (χ2n) is 3.59. The molecule has 0 saturated heterocycles. The van der Waals surface area contributed by atoms with Crippen molar-refractivity contribution in [3.63, 3.8) is 0 Å². The molecule has 0 saturated carbocycles. The van der Waals surface area contributed by atoms with Crippen molar-refractivity contribution in [2.45, 2.75) is 12.5 Å². The van der Waals surface area contributed by atoms with Gasteiger partial charge in [-0.3, -0.25) is 4.79 Å². The summed E-state index contributed by atoms with van der Waals surface area (Å²) in [5.74, 6) is -0.362. The van der Waals surface area contributed by atoms with Gasteiger partial charge in [-0.1, -0.05) is 15.9 Å². The van der Waals surface area contributed by atoms with E-state index < -0.39 is 12.5 Å². The van der Waals surface area contributed by atoms with E-state index in [1.165, 1.54) is 0 Å². The molecule has 0 aromatic heterocycles. The van der Waals surface area contributed by atoms with Gasteiger partial charge in [0.1, 0.15) is 6.10 Å². The Kier molecular flexibility index (Phi) is 6.17. The van der Waals surface area contributed by atoms with Crippen molar-refractivity contribution in [3.8, 4) is 0 Å². The Bertz CT molecular complexity index is 387. The third kappa shape index (κ3) is 5.52. The molecule has 1 atom stereocenters. The number of hydrogen-bond acceptors (Lipinski definition) is 3. The van der Waals surface area contributed by atoms with Gasteiger partial charge in [-0.2, -0.15) is 0 Å². The Balaban J connectivity index is 2.27. The lowest BCUT2D eigenvalue weighted by atomic mass is 10.3. The van der Waals surface area contributed by atoms with Crippen molar-refractivity contribution in [1.29, 1.82) is 0 Å². The molecule has 4 nitrogen and oxygen atoms in total. The number of amides is 1. The molecule has 1 rings (SSSR count). The number of rotatable bonds is 6. The van der Waals surface area contributed by atoms with E-state index in [1.807, 2.05) is 0 Å². The van der Waals surface area contributed by atoms with Crippen LogP contribution < -0.4 is 10.6 Å². The van der Waals surface area contributed by atoms with Crippen LogP contribution >= 0.6 is 15.9 Å². The van der Waals surface area contributed by atoms with Crippen LogP contribution in [0.3, 0.4) is 0 Å². The molecule has 0 bridgehead atoms. The second kappa shape index (κ2) is 7.40. The van der Waals surface area contributed by atoms with Gasteiger partial charge in [0.15, 0.2) is 0 Å². The molecule has 7 heteroatoms. The molecule has 1 aromatic rings. The van der Waals surface area contributed by atoms with Gasteiger partial charge in [0.05, 0.1) is 6.54 Å². The zero-order chi connectivity index (χ0) is 13.5. The molecular weight excluding hydrogens is 310 g/mol. The van der Waals surface area contributed by atoms with Crippen molar-refractivity contribution in [3.05, 3.63) is 28.7 Å². The zero-order valence-corrected chi connectivity index (χ0v) is 11.0. The summed E-state index contributed by atoms with van der Waals surface area (Å²) < 4.78 is 24.8. The number of carbonyl (C=O) groups excluding carboxylic acids is 1. The van der Waals surface area contributed by atoms with Gasteiger partial charge in [-0.25, -0.2) is 8.78 Å². The van der Waals surface area contributed by atoms with E-state index in [2.05, 4.69) is 26.6 Å². The van der Waals surface area contributed by atoms with Crippen LogP contribution in [0.25, 0.3) is 0 Å². The third-order valence-corrected chi connectivity index (χ3v) is 2.59. The van der Waals surface area contributed by atoms with Crippen molar-refractivity contribution in [2.24, 2.45) is 0 Å². The molecular formula is C11H13BrF2N2O2. The molecule has 0 aliphatic heterocycles. The molecule has 18 heavy (non-hydrogen) atoms. The largest absolute Gasteiger partial charge is 0.386 e. The predicted molar refractivity (Wildman–Crippen MR) is 67.7 cm³/mol. The Morgan fingerprint density at radius 3 is 2.50 bits per heavy atom. The van der Waals surface area contributed by atoms with E-state index in [0.717, 1.165) is 4.47 Å². The summed E-state index contributed by atoms with van der Waals surface area (Å²) in [6, 6.07) is 6.94. The molecule has 0 aliphatic rings. The smallest absolute Gasteiger partial charge is 0.265 e. The molecule has 0 spiro atoms. The zero-order valence-electron chi connectivity index (χ0n) is 9.37. The topological polar surface area (TPSA) is 61.4 Å². The van der Waals surface area contributed by atoms with Crippen LogP contribution in [0.2, 0.25) is 0 Å². The van der Waals surface area contributed by atoms with Gasteiger partial charge in [-0.15, -0.1) is 0 Å². The number of hydrogen-bond donors (Lipinski definition) is 3. The maximum atomic E-state index is 11.9. The number of aliphatic hydroxyl groups excluding tert-OH is 1. The molecule has 1 aromatic carbocycles. The summed E-state index contributed by atoms with van der Waals surface area (Å²) in [7, 11) is 0. The number of halogens is 3. The first kappa shape index (κ1) is 15.0. The highest BCUT2D eigenvalue weighted by Crippen LogP contribution is 2.13. The molecule has 0 aliphatic carbocycles. The van der Waals surface area contributed by atoms with E-state index in [9.17, 15) is 13.6 Å². The maximum Gasteiger partial charge on any atom is 0.265 e. The molecule has 100 valence electrons. The fourth-order valence-corrected chi connectivity index (χ4v) is 1.43. The molecule has 1 amide bonds. The van der Waals surface area contributed by atoms with Crippen LogP contribution in [0.15, 0.2) is 28.7 Å². The summed E-state index contributed by atoms with van der Waals surface area (Å²) in [5, 5.41) is 13.8. The van der Waals surface area contributed by atoms with Crippen LogP contribution in [0.4, 0.5) is 14.5 Å². The van der Waals surface area contributed by atoms with Gasteiger partial charge < -0.3 is 15.7 Å². The van der Waals surface area contributed by atoms with Crippen LogP contribution in [-0.2, 0) is 4.79 Å². The molecule has 1 unspecified atom stereocenters. The Morgan fingerprint density at radius 2 is 1.94 bits per heavy atom. The molecule has 0 fully saturated rings. The first-order valence-corrected chi connectivity index (χ1v) is 6.00. The van der Waals surface area contributed by atoms with Crippen molar-refractivity contribution in [1.82, 2.24) is 5.32 Å². The van der Waals surface area contributed by atoms with Gasteiger partial charge in [0, 0.05) is 16.7 Å². The number of carbonyl (C=O) groups is 1. The minimum Gasteiger partial charge on any atom is -0.386 e. The summed E-state index contributed by atoms with van der Waals surface area (Å²) in [5.41, 5.74) is 0.611. The Hall–Kier alpha value is -1.05. The first-order valence-electron chi connectivity index (χ1n) is 5.21. The van der Waals surface area contributed by atoms with Crippen LogP contribution in [-0.4, -0.2) is 36.6 Å². The van der Waals surface area contributed by atoms with E-state index in [-0.39, 0.29) is 19.0 Å². The minimum absolute atomic E-state index is 0.139. The van der Waals surface area contributed by atoms with E-state index in [0.29, 0.717) is 5.69 Å². The first-order chi connectivity index (χ1) is 8.49. The summed E-state index contributed by atoms with van der Waals surface area (Å²) in [6.07, 6.45) is -4.57. The van der Waals surface area contributed by atoms with Crippen LogP contribution in [0.1, 0.15) is 0 Å². The van der Waals surface area contributed by atoms with E-state index in [1.54, 1.807) is 24.3 Å². The lowest BCUT2D eigenvalue weighted by Crippen LogP contribution is -2.36. The predicted octanol–water partition coefficient (Wildman–Crippen LogP) is 1.60. The van der Waals surface area contributed by atoms with Crippen molar-refractivity contribution >= 4 is 27.5 Å². The maximum absolute atomic E-state index is 11.9. The quantitative estimate of drug-likeness (QED) is 0.745. The Labute approximate surface area is 112 Å². The third-order valence-electron chi connectivity index (χ3n) is 2.06. The van der Waals surface area contributed by atoms with Gasteiger partial charge in [0.25, 0.3) is 6.43 Å². The van der Waals surface area contributed by atoms with E-state index in [4.69, 9.17) is 5.11 Å². The number of benzene rings is 1. The summed E-state index contributed by atoms with van der Waals surface area (Å²) >= 11 is 3.26. The van der Waals surface area contributed by atoms with Crippen LogP contribution in [0, 0.1) is 0 Å². The lowest BCUT2D eigenvalue weighted by Gasteiger charge is -2.10. The second-order valence-corrected chi connectivity index (χ2v) is 4.50. The minimum atomic E-state index is -2.81. The average Bonchev–Trinajstić information content (AvgIpc) is 2.32. The fraction of sp³-hybridized carbons (Fsp3) is 0.364. The standard InChI is InChI=1S/C11H13BrF2N2O2/c12-7-1-3-8(4-2-7)16-10(18)6-15-5-9(17)11(13)14/h1-4,9,11,15,17H,5-6H2,(H,16,18). The number of anilines is 1. The SMILES string of the molecule is O=C(CNCC(O)C(F)F)Nc1ccc(Br)cc1. The monoisotopic (exact) mass is 322 g/mol. The highest BCUT2D eigenvalue weighted by Gasteiger charge is 2.16. The van der Waals surface area contributed by atoms with Gasteiger partial charge in [0.2, 0.25) is 5.91 Å². The fourth-order valence-electron chi connectivity index (χ4n) is 1.16. The van der Waals surface area contributed by atoms with Gasteiger partial charge in [-0.05, 0) is 24.3 Å².